The molecular formula is C12H20ClNOS. The number of thiophene rings is 1. The van der Waals surface area contributed by atoms with Crippen molar-refractivity contribution in [2.24, 2.45) is 0 Å². The molecule has 1 aromatic heterocycles. The van der Waals surface area contributed by atoms with Gasteiger partial charge in [-0.05, 0) is 31.5 Å². The van der Waals surface area contributed by atoms with E-state index in [0.717, 1.165) is 37.1 Å². The topological polar surface area (TPSA) is 21.3 Å². The molecule has 0 aliphatic carbocycles. The number of ether oxygens (including phenoxy) is 1. The zero-order valence-corrected chi connectivity index (χ0v) is 11.4. The fraction of sp³-hybridized carbons (Fsp3) is 0.667. The first-order valence-corrected chi connectivity index (χ1v) is 7.05. The fourth-order valence-corrected chi connectivity index (χ4v) is 2.36. The number of hydrogen-bond acceptors (Lipinski definition) is 3. The second kappa shape index (κ2) is 8.99. The van der Waals surface area contributed by atoms with Crippen LogP contribution in [0.15, 0.2) is 12.1 Å². The van der Waals surface area contributed by atoms with E-state index < -0.39 is 0 Å². The third-order valence-corrected chi connectivity index (χ3v) is 3.44. The molecule has 0 bridgehead atoms. The molecule has 0 atom stereocenters. The Morgan fingerprint density at radius 3 is 2.81 bits per heavy atom. The minimum Gasteiger partial charge on any atom is -0.381 e. The molecule has 4 heteroatoms. The van der Waals surface area contributed by atoms with E-state index in [-0.39, 0.29) is 0 Å². The summed E-state index contributed by atoms with van der Waals surface area (Å²) in [5.41, 5.74) is 0. The van der Waals surface area contributed by atoms with Crippen LogP contribution < -0.4 is 5.32 Å². The van der Waals surface area contributed by atoms with E-state index in [1.165, 1.54) is 17.7 Å². The number of halogens is 1. The Morgan fingerprint density at radius 1 is 1.31 bits per heavy atom. The van der Waals surface area contributed by atoms with Gasteiger partial charge in [0.15, 0.2) is 0 Å². The average Bonchev–Trinajstić information content (AvgIpc) is 2.68. The summed E-state index contributed by atoms with van der Waals surface area (Å²) in [7, 11) is 0. The summed E-state index contributed by atoms with van der Waals surface area (Å²) >= 11 is 7.48. The molecule has 16 heavy (non-hydrogen) atoms. The molecule has 0 saturated carbocycles. The molecule has 0 unspecified atom stereocenters. The molecule has 2 nitrogen and oxygen atoms in total. The van der Waals surface area contributed by atoms with Crippen molar-refractivity contribution in [1.82, 2.24) is 5.32 Å². The van der Waals surface area contributed by atoms with E-state index in [0.29, 0.717) is 0 Å². The first-order chi connectivity index (χ1) is 7.83. The zero-order valence-electron chi connectivity index (χ0n) is 9.80. The van der Waals surface area contributed by atoms with E-state index in [9.17, 15) is 0 Å². The normalized spacial score (nSPS) is 10.9. The summed E-state index contributed by atoms with van der Waals surface area (Å²) in [6.07, 6.45) is 3.45. The first-order valence-electron chi connectivity index (χ1n) is 5.85. The molecule has 1 N–H and O–H groups in total. The standard InChI is InChI=1S/C12H20ClNOS/c1-2-3-8-15-9-4-7-14-10-11-5-6-12(13)16-11/h5-6,14H,2-4,7-10H2,1H3. The van der Waals surface area contributed by atoms with Crippen molar-refractivity contribution < 1.29 is 4.74 Å². The number of unbranched alkanes of at least 4 members (excludes halogenated alkanes) is 1. The summed E-state index contributed by atoms with van der Waals surface area (Å²) in [5.74, 6) is 0. The van der Waals surface area contributed by atoms with Crippen LogP contribution in [0.4, 0.5) is 0 Å². The van der Waals surface area contributed by atoms with Crippen LogP contribution in [-0.4, -0.2) is 19.8 Å². The SMILES string of the molecule is CCCCOCCCNCc1ccc(Cl)s1. The van der Waals surface area contributed by atoms with Gasteiger partial charge in [0, 0.05) is 24.6 Å². The van der Waals surface area contributed by atoms with Gasteiger partial charge in [-0.3, -0.25) is 0 Å². The predicted molar refractivity (Wildman–Crippen MR) is 71.4 cm³/mol. The van der Waals surface area contributed by atoms with Gasteiger partial charge in [-0.2, -0.15) is 0 Å². The predicted octanol–water partition coefficient (Wildman–Crippen LogP) is 3.70. The van der Waals surface area contributed by atoms with Gasteiger partial charge in [-0.15, -0.1) is 11.3 Å². The lowest BCUT2D eigenvalue weighted by atomic mass is 10.3. The highest BCUT2D eigenvalue weighted by atomic mass is 35.5. The second-order valence-corrected chi connectivity index (χ2v) is 5.50. The van der Waals surface area contributed by atoms with Crippen molar-refractivity contribution in [2.75, 3.05) is 19.8 Å². The van der Waals surface area contributed by atoms with Crippen molar-refractivity contribution in [3.63, 3.8) is 0 Å². The lowest BCUT2D eigenvalue weighted by Gasteiger charge is -2.04. The molecule has 0 radical (unpaired) electrons. The Balaban J connectivity index is 1.88. The molecule has 0 spiro atoms. The average molecular weight is 262 g/mol. The Bertz CT molecular complexity index is 278. The van der Waals surface area contributed by atoms with Crippen LogP contribution in [0.1, 0.15) is 31.1 Å². The first kappa shape index (κ1) is 14.0. The van der Waals surface area contributed by atoms with Gasteiger partial charge in [0.25, 0.3) is 0 Å². The molecule has 1 aromatic rings. The molecule has 0 aromatic carbocycles. The van der Waals surface area contributed by atoms with E-state index in [1.807, 2.05) is 6.07 Å². The quantitative estimate of drug-likeness (QED) is 0.685. The van der Waals surface area contributed by atoms with Gasteiger partial charge >= 0.3 is 0 Å². The van der Waals surface area contributed by atoms with Gasteiger partial charge in [-0.1, -0.05) is 24.9 Å². The molecule has 0 aliphatic rings. The maximum Gasteiger partial charge on any atom is 0.0931 e. The largest absolute Gasteiger partial charge is 0.381 e. The highest BCUT2D eigenvalue weighted by Gasteiger charge is 1.96. The fourth-order valence-electron chi connectivity index (χ4n) is 1.31. The highest BCUT2D eigenvalue weighted by Crippen LogP contribution is 2.20. The molecule has 0 saturated heterocycles. The van der Waals surface area contributed by atoms with Gasteiger partial charge in [0.05, 0.1) is 4.34 Å². The van der Waals surface area contributed by atoms with Crippen molar-refractivity contribution in [3.8, 4) is 0 Å². The van der Waals surface area contributed by atoms with Gasteiger partial charge in [0.1, 0.15) is 0 Å². The third kappa shape index (κ3) is 6.48. The smallest absolute Gasteiger partial charge is 0.0931 e. The molecular weight excluding hydrogens is 242 g/mol. The van der Waals surface area contributed by atoms with E-state index >= 15 is 0 Å². The van der Waals surface area contributed by atoms with E-state index in [2.05, 4.69) is 18.3 Å². The van der Waals surface area contributed by atoms with Gasteiger partial charge in [0.2, 0.25) is 0 Å². The number of hydrogen-bond donors (Lipinski definition) is 1. The van der Waals surface area contributed by atoms with Crippen molar-refractivity contribution in [3.05, 3.63) is 21.3 Å². The summed E-state index contributed by atoms with van der Waals surface area (Å²) in [4.78, 5) is 1.29. The molecule has 0 fully saturated rings. The lowest BCUT2D eigenvalue weighted by Crippen LogP contribution is -2.15. The molecule has 1 heterocycles. The molecule has 1 rings (SSSR count). The Labute approximate surface area is 107 Å². The van der Waals surface area contributed by atoms with Crippen LogP contribution >= 0.6 is 22.9 Å². The Hall–Kier alpha value is -0.0900. The van der Waals surface area contributed by atoms with Crippen LogP contribution in [0.5, 0.6) is 0 Å². The number of nitrogens with one attached hydrogen (secondary N) is 1. The monoisotopic (exact) mass is 261 g/mol. The van der Waals surface area contributed by atoms with Crippen molar-refractivity contribution in [1.29, 1.82) is 0 Å². The van der Waals surface area contributed by atoms with E-state index in [4.69, 9.17) is 16.3 Å². The maximum absolute atomic E-state index is 5.84. The molecule has 0 aliphatic heterocycles. The van der Waals surface area contributed by atoms with Crippen LogP contribution in [0.3, 0.4) is 0 Å². The van der Waals surface area contributed by atoms with Gasteiger partial charge < -0.3 is 10.1 Å². The minimum absolute atomic E-state index is 0.859. The summed E-state index contributed by atoms with van der Waals surface area (Å²) < 4.78 is 6.33. The number of rotatable bonds is 9. The summed E-state index contributed by atoms with van der Waals surface area (Å²) in [6.45, 7) is 5.85. The van der Waals surface area contributed by atoms with Crippen LogP contribution in [0.25, 0.3) is 0 Å². The second-order valence-electron chi connectivity index (χ2n) is 3.70. The maximum atomic E-state index is 5.84. The summed E-state index contributed by atoms with van der Waals surface area (Å²) in [5, 5.41) is 3.38. The van der Waals surface area contributed by atoms with Gasteiger partial charge in [-0.25, -0.2) is 0 Å². The summed E-state index contributed by atoms with van der Waals surface area (Å²) in [6, 6.07) is 4.01. The molecule has 0 amide bonds. The van der Waals surface area contributed by atoms with Crippen LogP contribution in [-0.2, 0) is 11.3 Å². The van der Waals surface area contributed by atoms with E-state index in [1.54, 1.807) is 11.3 Å². The lowest BCUT2D eigenvalue weighted by molar-refractivity contribution is 0.129. The molecule has 92 valence electrons. The Morgan fingerprint density at radius 2 is 2.12 bits per heavy atom. The van der Waals surface area contributed by atoms with Crippen molar-refractivity contribution >= 4 is 22.9 Å². The van der Waals surface area contributed by atoms with Crippen LogP contribution in [0, 0.1) is 0 Å². The minimum atomic E-state index is 0.859. The zero-order chi connectivity index (χ0) is 11.6. The van der Waals surface area contributed by atoms with Crippen LogP contribution in [0.2, 0.25) is 4.34 Å². The highest BCUT2D eigenvalue weighted by molar-refractivity contribution is 7.16. The van der Waals surface area contributed by atoms with Crippen molar-refractivity contribution in [2.45, 2.75) is 32.7 Å². The third-order valence-electron chi connectivity index (χ3n) is 2.21. The Kier molecular flexibility index (Phi) is 7.85.